The van der Waals surface area contributed by atoms with Gasteiger partial charge in [-0.2, -0.15) is 0 Å². The van der Waals surface area contributed by atoms with Crippen molar-refractivity contribution in [2.24, 2.45) is 0 Å². The van der Waals surface area contributed by atoms with E-state index in [1.807, 2.05) is 12.1 Å². The lowest BCUT2D eigenvalue weighted by Crippen LogP contribution is -2.40. The molecule has 2 nitrogen and oxygen atoms in total. The van der Waals surface area contributed by atoms with Crippen molar-refractivity contribution in [3.05, 3.63) is 34.9 Å². The number of halogens is 1. The van der Waals surface area contributed by atoms with Gasteiger partial charge in [0.2, 0.25) is 0 Å². The van der Waals surface area contributed by atoms with Gasteiger partial charge < -0.3 is 5.32 Å². The fourth-order valence-electron chi connectivity index (χ4n) is 2.24. The van der Waals surface area contributed by atoms with E-state index in [4.69, 9.17) is 11.6 Å². The van der Waals surface area contributed by atoms with Gasteiger partial charge in [0.15, 0.2) is 0 Å². The van der Waals surface area contributed by atoms with Gasteiger partial charge in [0.25, 0.3) is 0 Å². The van der Waals surface area contributed by atoms with Crippen molar-refractivity contribution in [1.29, 1.82) is 0 Å². The molecule has 0 aliphatic rings. The molecule has 0 saturated heterocycles. The highest BCUT2D eigenvalue weighted by Gasteiger charge is 2.18. The van der Waals surface area contributed by atoms with Crippen LogP contribution in [0.2, 0.25) is 5.02 Å². The van der Waals surface area contributed by atoms with Gasteiger partial charge >= 0.3 is 0 Å². The third kappa shape index (κ3) is 5.82. The lowest BCUT2D eigenvalue weighted by Gasteiger charge is -2.32. The van der Waals surface area contributed by atoms with Gasteiger partial charge in [-0.1, -0.05) is 23.7 Å². The smallest absolute Gasteiger partial charge is 0.0409 e. The zero-order valence-corrected chi connectivity index (χ0v) is 14.5. The molecule has 114 valence electrons. The van der Waals surface area contributed by atoms with E-state index in [2.05, 4.69) is 64.0 Å². The average molecular weight is 297 g/mol. The van der Waals surface area contributed by atoms with Crippen LogP contribution >= 0.6 is 11.6 Å². The number of hydrogen-bond acceptors (Lipinski definition) is 2. The van der Waals surface area contributed by atoms with Crippen LogP contribution < -0.4 is 5.32 Å². The molecule has 3 heteroatoms. The van der Waals surface area contributed by atoms with E-state index in [1.165, 1.54) is 5.56 Å². The number of hydrogen-bond donors (Lipinski definition) is 1. The molecular weight excluding hydrogens is 268 g/mol. The minimum absolute atomic E-state index is 0.191. The molecule has 0 aromatic heterocycles. The second-order valence-corrected chi connectivity index (χ2v) is 7.15. The van der Waals surface area contributed by atoms with Gasteiger partial charge in [-0.3, -0.25) is 4.90 Å². The average Bonchev–Trinajstić information content (AvgIpc) is 2.35. The molecule has 0 spiro atoms. The van der Waals surface area contributed by atoms with Gasteiger partial charge in [0, 0.05) is 22.6 Å². The standard InChI is InChI=1S/C17H29ClN2/c1-13(10-11-19-17(3,4)5)20(6)14(2)15-8-7-9-16(18)12-15/h7-9,12-14,19H,10-11H2,1-6H3. The lowest BCUT2D eigenvalue weighted by molar-refractivity contribution is 0.185. The molecular formula is C17H29ClN2. The highest BCUT2D eigenvalue weighted by atomic mass is 35.5. The fourth-order valence-corrected chi connectivity index (χ4v) is 2.44. The summed E-state index contributed by atoms with van der Waals surface area (Å²) < 4.78 is 0. The Hall–Kier alpha value is -0.570. The van der Waals surface area contributed by atoms with Crippen LogP contribution in [0, 0.1) is 0 Å². The van der Waals surface area contributed by atoms with Crippen molar-refractivity contribution in [3.63, 3.8) is 0 Å². The molecule has 0 aliphatic carbocycles. The molecule has 1 aromatic carbocycles. The molecule has 20 heavy (non-hydrogen) atoms. The second-order valence-electron chi connectivity index (χ2n) is 6.71. The first-order chi connectivity index (χ1) is 9.20. The Balaban J connectivity index is 2.53. The third-order valence-corrected chi connectivity index (χ3v) is 4.09. The van der Waals surface area contributed by atoms with Crippen molar-refractivity contribution in [3.8, 4) is 0 Å². The first-order valence-electron chi connectivity index (χ1n) is 7.43. The van der Waals surface area contributed by atoms with E-state index >= 15 is 0 Å². The number of rotatable bonds is 6. The summed E-state index contributed by atoms with van der Waals surface area (Å²) in [4.78, 5) is 2.41. The van der Waals surface area contributed by atoms with Gasteiger partial charge in [0.05, 0.1) is 0 Å². The van der Waals surface area contributed by atoms with Gasteiger partial charge in [0.1, 0.15) is 0 Å². The Morgan fingerprint density at radius 3 is 2.45 bits per heavy atom. The van der Waals surface area contributed by atoms with Gasteiger partial charge in [-0.25, -0.2) is 0 Å². The van der Waals surface area contributed by atoms with Crippen LogP contribution in [0.15, 0.2) is 24.3 Å². The maximum Gasteiger partial charge on any atom is 0.0409 e. The number of nitrogens with one attached hydrogen (secondary N) is 1. The zero-order valence-electron chi connectivity index (χ0n) is 13.7. The molecule has 0 saturated carbocycles. The number of benzene rings is 1. The van der Waals surface area contributed by atoms with Crippen molar-refractivity contribution < 1.29 is 0 Å². The molecule has 0 bridgehead atoms. The van der Waals surface area contributed by atoms with E-state index < -0.39 is 0 Å². The van der Waals surface area contributed by atoms with Crippen LogP contribution in [-0.4, -0.2) is 30.1 Å². The molecule has 0 amide bonds. The summed E-state index contributed by atoms with van der Waals surface area (Å²) in [6, 6.07) is 9.05. The summed E-state index contributed by atoms with van der Waals surface area (Å²) in [5.74, 6) is 0. The summed E-state index contributed by atoms with van der Waals surface area (Å²) in [6.45, 7) is 12.2. The van der Waals surface area contributed by atoms with Gasteiger partial charge in [-0.15, -0.1) is 0 Å². The van der Waals surface area contributed by atoms with Crippen LogP contribution in [0.5, 0.6) is 0 Å². The summed E-state index contributed by atoms with van der Waals surface area (Å²) in [5, 5.41) is 4.36. The summed E-state index contributed by atoms with van der Waals surface area (Å²) >= 11 is 6.08. The SMILES string of the molecule is CC(CCNC(C)(C)C)N(C)C(C)c1cccc(Cl)c1. The first kappa shape index (κ1) is 17.5. The van der Waals surface area contributed by atoms with Crippen molar-refractivity contribution in [2.75, 3.05) is 13.6 Å². The van der Waals surface area contributed by atoms with Crippen LogP contribution in [-0.2, 0) is 0 Å². The van der Waals surface area contributed by atoms with E-state index in [9.17, 15) is 0 Å². The Morgan fingerprint density at radius 2 is 1.90 bits per heavy atom. The Bertz CT molecular complexity index is 412. The van der Waals surface area contributed by atoms with Crippen LogP contribution in [0.25, 0.3) is 0 Å². The molecule has 2 unspecified atom stereocenters. The fraction of sp³-hybridized carbons (Fsp3) is 0.647. The Labute approximate surface area is 129 Å². The summed E-state index contributed by atoms with van der Waals surface area (Å²) in [6.07, 6.45) is 1.14. The van der Waals surface area contributed by atoms with Crippen LogP contribution in [0.1, 0.15) is 52.6 Å². The summed E-state index contributed by atoms with van der Waals surface area (Å²) in [7, 11) is 2.19. The minimum Gasteiger partial charge on any atom is -0.312 e. The van der Waals surface area contributed by atoms with Crippen LogP contribution in [0.3, 0.4) is 0 Å². The molecule has 0 radical (unpaired) electrons. The van der Waals surface area contributed by atoms with Crippen LogP contribution in [0.4, 0.5) is 0 Å². The van der Waals surface area contributed by atoms with E-state index in [0.29, 0.717) is 12.1 Å². The van der Waals surface area contributed by atoms with Crippen molar-refractivity contribution in [1.82, 2.24) is 10.2 Å². The maximum absolute atomic E-state index is 6.08. The zero-order chi connectivity index (χ0) is 15.3. The van der Waals surface area contributed by atoms with Crippen molar-refractivity contribution >= 4 is 11.6 Å². The topological polar surface area (TPSA) is 15.3 Å². The van der Waals surface area contributed by atoms with E-state index in [-0.39, 0.29) is 5.54 Å². The minimum atomic E-state index is 0.191. The molecule has 2 atom stereocenters. The van der Waals surface area contributed by atoms with E-state index in [1.54, 1.807) is 0 Å². The predicted octanol–water partition coefficient (Wildman–Crippen LogP) is 4.50. The highest BCUT2D eigenvalue weighted by molar-refractivity contribution is 6.30. The summed E-state index contributed by atoms with van der Waals surface area (Å²) in [5.41, 5.74) is 1.47. The van der Waals surface area contributed by atoms with Crippen molar-refractivity contribution in [2.45, 2.75) is 58.7 Å². The van der Waals surface area contributed by atoms with Gasteiger partial charge in [-0.05, 0) is 72.3 Å². The lowest BCUT2D eigenvalue weighted by atomic mass is 10.0. The molecule has 0 heterocycles. The molecule has 0 fully saturated rings. The normalized spacial score (nSPS) is 15.4. The largest absolute Gasteiger partial charge is 0.312 e. The molecule has 1 N–H and O–H groups in total. The Kier molecular flexibility index (Phi) is 6.50. The maximum atomic E-state index is 6.08. The molecule has 0 aliphatic heterocycles. The van der Waals surface area contributed by atoms with E-state index in [0.717, 1.165) is 18.0 Å². The number of nitrogens with zero attached hydrogens (tertiary/aromatic N) is 1. The quantitative estimate of drug-likeness (QED) is 0.831. The second kappa shape index (κ2) is 7.44. The highest BCUT2D eigenvalue weighted by Crippen LogP contribution is 2.24. The monoisotopic (exact) mass is 296 g/mol. The molecule has 1 rings (SSSR count). The predicted molar refractivity (Wildman–Crippen MR) is 89.5 cm³/mol. The Morgan fingerprint density at radius 1 is 1.25 bits per heavy atom. The molecule has 1 aromatic rings. The third-order valence-electron chi connectivity index (χ3n) is 3.85. The first-order valence-corrected chi connectivity index (χ1v) is 7.81.